The molecule has 7 nitrogen and oxygen atoms in total. The van der Waals surface area contributed by atoms with Gasteiger partial charge < -0.3 is 25.1 Å². The number of likely N-dealkylation sites (N-methyl/N-ethyl adjacent to an activating group) is 1. The van der Waals surface area contributed by atoms with Gasteiger partial charge >= 0.3 is 0 Å². The van der Waals surface area contributed by atoms with Crippen molar-refractivity contribution in [2.24, 2.45) is 11.8 Å². The highest BCUT2D eigenvalue weighted by atomic mass is 16.5. The lowest BCUT2D eigenvalue weighted by molar-refractivity contribution is 0.0340. The van der Waals surface area contributed by atoms with Crippen LogP contribution in [0.4, 0.5) is 0 Å². The van der Waals surface area contributed by atoms with E-state index < -0.39 is 0 Å². The predicted octanol–water partition coefficient (Wildman–Crippen LogP) is 5.45. The van der Waals surface area contributed by atoms with E-state index in [1.54, 1.807) is 28.4 Å². The lowest BCUT2D eigenvalue weighted by Gasteiger charge is -2.49. The molecule has 7 heteroatoms. The summed E-state index contributed by atoms with van der Waals surface area (Å²) in [5.74, 6) is 4.72. The van der Waals surface area contributed by atoms with Gasteiger partial charge in [0, 0.05) is 31.7 Å². The molecule has 3 aliphatic heterocycles. The Morgan fingerprint density at radius 3 is 1.89 bits per heavy atom. The molecule has 0 unspecified atom stereocenters. The molecule has 4 atom stereocenters. The van der Waals surface area contributed by atoms with Gasteiger partial charge in [-0.2, -0.15) is 0 Å². The Morgan fingerprint density at radius 2 is 1.30 bits per heavy atom. The van der Waals surface area contributed by atoms with E-state index in [1.165, 1.54) is 48.1 Å². The summed E-state index contributed by atoms with van der Waals surface area (Å²) in [5, 5.41) is 0. The third kappa shape index (κ3) is 5.01. The fourth-order valence-electron chi connectivity index (χ4n) is 7.00. The summed E-state index contributed by atoms with van der Waals surface area (Å²) >= 11 is 0. The molecule has 3 heterocycles. The average molecular weight is 512 g/mol. The van der Waals surface area contributed by atoms with Crippen LogP contribution in [-0.4, -0.2) is 64.9 Å². The average Bonchev–Trinajstić information content (AvgIpc) is 2.92. The molecule has 2 aromatic carbocycles. The third-order valence-corrected chi connectivity index (χ3v) is 9.10. The first-order valence-electron chi connectivity index (χ1n) is 13.4. The Kier molecular flexibility index (Phi) is 8.56. The van der Waals surface area contributed by atoms with Gasteiger partial charge in [-0.25, -0.2) is 0 Å². The Morgan fingerprint density at radius 1 is 0.757 bits per heavy atom. The second-order valence-electron chi connectivity index (χ2n) is 10.7. The summed E-state index contributed by atoms with van der Waals surface area (Å²) in [6, 6.07) is 9.72. The van der Waals surface area contributed by atoms with Crippen molar-refractivity contribution in [3.63, 3.8) is 0 Å². The van der Waals surface area contributed by atoms with Crippen LogP contribution >= 0.6 is 0 Å². The predicted molar refractivity (Wildman–Crippen MR) is 148 cm³/mol. The number of methoxy groups -OCH3 is 4. The molecule has 0 bridgehead atoms. The molecule has 0 aliphatic carbocycles. The molecule has 3 aliphatic rings. The molecule has 0 aromatic heterocycles. The van der Waals surface area contributed by atoms with Crippen LogP contribution in [0.3, 0.4) is 0 Å². The van der Waals surface area contributed by atoms with Gasteiger partial charge in [-0.1, -0.05) is 13.3 Å². The number of benzene rings is 2. The highest BCUT2D eigenvalue weighted by molar-refractivity contribution is 5.50. The fraction of sp³-hybridized carbons (Fsp3) is 0.600. The van der Waals surface area contributed by atoms with Crippen molar-refractivity contribution in [2.75, 3.05) is 55.1 Å². The van der Waals surface area contributed by atoms with Gasteiger partial charge in [0.25, 0.3) is 0 Å². The Hall–Kier alpha value is -2.48. The van der Waals surface area contributed by atoms with Gasteiger partial charge in [0.2, 0.25) is 0 Å². The molecule has 5 rings (SSSR count). The number of fused-ring (bicyclic) bond motifs is 4. The Balaban J connectivity index is 0.00000320. The summed E-state index contributed by atoms with van der Waals surface area (Å²) < 4.78 is 22.6. The van der Waals surface area contributed by atoms with Crippen molar-refractivity contribution in [2.45, 2.75) is 51.1 Å². The maximum atomic E-state index is 5.70. The highest BCUT2D eigenvalue weighted by Crippen LogP contribution is 2.49. The van der Waals surface area contributed by atoms with Gasteiger partial charge in [-0.05, 0) is 91.1 Å². The molecular formula is C30H45N3O4. The molecule has 1 fully saturated rings. The first-order valence-corrected chi connectivity index (χ1v) is 13.4. The van der Waals surface area contributed by atoms with Crippen molar-refractivity contribution in [1.82, 2.24) is 16.0 Å². The van der Waals surface area contributed by atoms with E-state index in [0.29, 0.717) is 23.9 Å². The summed E-state index contributed by atoms with van der Waals surface area (Å²) in [5.41, 5.74) is 5.66. The summed E-state index contributed by atoms with van der Waals surface area (Å²) in [7, 11) is 9.21. The van der Waals surface area contributed by atoms with Gasteiger partial charge in [-0.3, -0.25) is 9.80 Å². The molecule has 0 amide bonds. The van der Waals surface area contributed by atoms with Crippen molar-refractivity contribution in [3.8, 4) is 23.0 Å². The Labute approximate surface area is 222 Å². The van der Waals surface area contributed by atoms with E-state index in [2.05, 4.69) is 48.0 Å². The van der Waals surface area contributed by atoms with Gasteiger partial charge in [0.15, 0.2) is 23.0 Å². The van der Waals surface area contributed by atoms with E-state index in [1.807, 2.05) is 0 Å². The van der Waals surface area contributed by atoms with Gasteiger partial charge in [0.1, 0.15) is 0 Å². The van der Waals surface area contributed by atoms with Gasteiger partial charge in [0.05, 0.1) is 28.4 Å². The monoisotopic (exact) mass is 511 g/mol. The van der Waals surface area contributed by atoms with Crippen LogP contribution in [0.2, 0.25) is 0 Å². The molecular weight excluding hydrogens is 466 g/mol. The number of hydrogen-bond donors (Lipinski definition) is 1. The van der Waals surface area contributed by atoms with Crippen LogP contribution < -0.4 is 25.1 Å². The second kappa shape index (κ2) is 11.5. The van der Waals surface area contributed by atoms with E-state index in [4.69, 9.17) is 18.9 Å². The number of rotatable bonds is 7. The van der Waals surface area contributed by atoms with Crippen LogP contribution in [0.1, 0.15) is 60.5 Å². The maximum Gasteiger partial charge on any atom is 0.161 e. The van der Waals surface area contributed by atoms with Gasteiger partial charge in [-0.15, -0.1) is 0 Å². The standard InChI is InChI=1S/C30H42N2O4.H3N/c1-7-19-18-32-11-9-21-15-28(34-4)30(36-6)17-24(21)26(32)13-22(19)12-25-23-16-29(35-5)27(33-3)14-20(23)8-10-31(25)2;/h14-17,19,22,25-26H,7-13,18H2,1-6H3;1H3/t19-,22-,25+,26-;/m0./s1. The van der Waals surface area contributed by atoms with E-state index in [9.17, 15) is 0 Å². The van der Waals surface area contributed by atoms with Crippen LogP contribution in [0.5, 0.6) is 23.0 Å². The molecule has 204 valence electrons. The molecule has 1 saturated heterocycles. The van der Waals surface area contributed by atoms with Crippen LogP contribution in [0.25, 0.3) is 0 Å². The molecule has 37 heavy (non-hydrogen) atoms. The highest BCUT2D eigenvalue weighted by Gasteiger charge is 2.41. The SMILES string of the molecule is CC[C@H]1CN2CCc3cc(OC)c(OC)cc3[C@@H]2C[C@@H]1C[C@@H]1c2cc(OC)c(OC)cc2CCN1C.N. The zero-order valence-corrected chi connectivity index (χ0v) is 23.5. The molecule has 0 saturated carbocycles. The topological polar surface area (TPSA) is 78.4 Å². The van der Waals surface area contributed by atoms with Crippen LogP contribution in [0, 0.1) is 11.8 Å². The van der Waals surface area contributed by atoms with Crippen LogP contribution in [-0.2, 0) is 12.8 Å². The normalized spacial score (nSPS) is 25.2. The van der Waals surface area contributed by atoms with Crippen molar-refractivity contribution < 1.29 is 18.9 Å². The minimum absolute atomic E-state index is 0. The van der Waals surface area contributed by atoms with Crippen LogP contribution in [0.15, 0.2) is 24.3 Å². The first-order chi connectivity index (χ1) is 17.5. The number of nitrogens with zero attached hydrogens (tertiary/aromatic N) is 2. The lowest BCUT2D eigenvalue weighted by atomic mass is 9.72. The zero-order valence-electron chi connectivity index (χ0n) is 23.5. The zero-order chi connectivity index (χ0) is 25.4. The quantitative estimate of drug-likeness (QED) is 0.530. The lowest BCUT2D eigenvalue weighted by Crippen LogP contribution is -2.47. The summed E-state index contributed by atoms with van der Waals surface area (Å²) in [4.78, 5) is 5.28. The largest absolute Gasteiger partial charge is 0.493 e. The number of ether oxygens (including phenoxy) is 4. The van der Waals surface area contributed by atoms with Crippen molar-refractivity contribution >= 4 is 0 Å². The summed E-state index contributed by atoms with van der Waals surface area (Å²) in [6.45, 7) is 5.75. The van der Waals surface area contributed by atoms with E-state index >= 15 is 0 Å². The first kappa shape index (κ1) is 27.6. The Bertz CT molecular complexity index is 1090. The minimum Gasteiger partial charge on any atom is -0.493 e. The molecule has 2 aromatic rings. The molecule has 0 spiro atoms. The van der Waals surface area contributed by atoms with Crippen molar-refractivity contribution in [1.29, 1.82) is 0 Å². The smallest absolute Gasteiger partial charge is 0.161 e. The fourth-order valence-corrected chi connectivity index (χ4v) is 7.00. The van der Waals surface area contributed by atoms with E-state index in [0.717, 1.165) is 48.9 Å². The molecule has 3 N–H and O–H groups in total. The third-order valence-electron chi connectivity index (χ3n) is 9.10. The summed E-state index contributed by atoms with van der Waals surface area (Å²) in [6.07, 6.45) is 5.71. The number of hydrogen-bond acceptors (Lipinski definition) is 7. The number of piperidine rings is 1. The second-order valence-corrected chi connectivity index (χ2v) is 10.7. The van der Waals surface area contributed by atoms with Crippen molar-refractivity contribution in [3.05, 3.63) is 46.5 Å². The molecule has 0 radical (unpaired) electrons. The van der Waals surface area contributed by atoms with E-state index in [-0.39, 0.29) is 6.15 Å². The minimum atomic E-state index is 0. The maximum absolute atomic E-state index is 5.70.